The topological polar surface area (TPSA) is 17.1 Å². The van der Waals surface area contributed by atoms with Gasteiger partial charge in [-0.25, -0.2) is 0 Å². The fourth-order valence-electron chi connectivity index (χ4n) is 1.65. The van der Waals surface area contributed by atoms with Crippen molar-refractivity contribution in [2.45, 2.75) is 12.2 Å². The minimum absolute atomic E-state index is 0.0890. The Balaban J connectivity index is 1.83. The number of thiocarbonyl (C=S) groups is 1. The number of carbonyl (C=O) groups is 1. The second kappa shape index (κ2) is 7.22. The molecule has 0 heterocycles. The summed E-state index contributed by atoms with van der Waals surface area (Å²) < 4.78 is 0.748. The zero-order valence-corrected chi connectivity index (χ0v) is 12.0. The summed E-state index contributed by atoms with van der Waals surface area (Å²) in [5, 5.41) is 0. The predicted octanol–water partition coefficient (Wildman–Crippen LogP) is 4.52. The minimum atomic E-state index is 0.0890. The summed E-state index contributed by atoms with van der Waals surface area (Å²) in [7, 11) is 0. The van der Waals surface area contributed by atoms with Gasteiger partial charge in [-0.05, 0) is 5.56 Å². The number of ketones is 1. The zero-order chi connectivity index (χ0) is 13.5. The summed E-state index contributed by atoms with van der Waals surface area (Å²) in [6.45, 7) is 0. The fourth-order valence-corrected chi connectivity index (χ4v) is 2.71. The molecule has 0 atom stereocenters. The number of Topliss-reactive ketones (excluding diaryl/α,β-unsaturated/α-hetero) is 1. The second-order valence-electron chi connectivity index (χ2n) is 4.11. The highest BCUT2D eigenvalue weighted by Crippen LogP contribution is 2.17. The molecule has 0 amide bonds. The van der Waals surface area contributed by atoms with Crippen LogP contribution in [0.1, 0.15) is 22.3 Å². The monoisotopic (exact) mass is 286 g/mol. The van der Waals surface area contributed by atoms with Crippen LogP contribution in [-0.4, -0.2) is 9.98 Å². The van der Waals surface area contributed by atoms with Crippen LogP contribution >= 0.6 is 24.0 Å². The molecule has 0 spiro atoms. The molecule has 0 unspecified atom stereocenters. The van der Waals surface area contributed by atoms with Crippen LogP contribution in [0.25, 0.3) is 0 Å². The molecule has 2 rings (SSSR count). The highest BCUT2D eigenvalue weighted by atomic mass is 32.2. The van der Waals surface area contributed by atoms with Gasteiger partial charge in [-0.15, -0.1) is 11.8 Å². The average Bonchev–Trinajstić information content (AvgIpc) is 2.47. The van der Waals surface area contributed by atoms with Crippen LogP contribution in [0.5, 0.6) is 0 Å². The lowest BCUT2D eigenvalue weighted by molar-refractivity contribution is 0.100. The SMILES string of the molecule is O=C(CC(=S)SCc1ccccc1)c1ccccc1. The van der Waals surface area contributed by atoms with Crippen molar-refractivity contribution < 1.29 is 4.79 Å². The molecule has 0 aliphatic rings. The molecule has 0 N–H and O–H groups in total. The summed E-state index contributed by atoms with van der Waals surface area (Å²) >= 11 is 6.83. The Morgan fingerprint density at radius 2 is 1.53 bits per heavy atom. The molecule has 1 nitrogen and oxygen atoms in total. The van der Waals surface area contributed by atoms with E-state index in [9.17, 15) is 4.79 Å². The Kier molecular flexibility index (Phi) is 5.31. The van der Waals surface area contributed by atoms with Gasteiger partial charge in [-0.2, -0.15) is 0 Å². The second-order valence-corrected chi connectivity index (χ2v) is 5.93. The number of hydrogen-bond acceptors (Lipinski definition) is 3. The Morgan fingerprint density at radius 3 is 2.16 bits per heavy atom. The molecule has 2 aromatic rings. The number of carbonyl (C=O) groups excluding carboxylic acids is 1. The maximum atomic E-state index is 12.0. The third-order valence-corrected chi connectivity index (χ3v) is 4.09. The van der Waals surface area contributed by atoms with Crippen LogP contribution in [0, 0.1) is 0 Å². The number of benzene rings is 2. The Labute approximate surface area is 123 Å². The Morgan fingerprint density at radius 1 is 0.947 bits per heavy atom. The molecule has 96 valence electrons. The van der Waals surface area contributed by atoms with E-state index in [-0.39, 0.29) is 5.78 Å². The normalized spacial score (nSPS) is 10.1. The maximum absolute atomic E-state index is 12.0. The highest BCUT2D eigenvalue weighted by Gasteiger charge is 2.09. The third-order valence-electron chi connectivity index (χ3n) is 2.64. The smallest absolute Gasteiger partial charge is 0.168 e. The average molecular weight is 286 g/mol. The van der Waals surface area contributed by atoms with Crippen LogP contribution in [0.15, 0.2) is 60.7 Å². The van der Waals surface area contributed by atoms with Crippen molar-refractivity contribution >= 4 is 34.0 Å². The summed E-state index contributed by atoms with van der Waals surface area (Å²) in [6, 6.07) is 19.4. The van der Waals surface area contributed by atoms with Crippen molar-refractivity contribution in [3.05, 3.63) is 71.8 Å². The van der Waals surface area contributed by atoms with Crippen molar-refractivity contribution in [3.63, 3.8) is 0 Å². The summed E-state index contributed by atoms with van der Waals surface area (Å²) in [5.74, 6) is 0.910. The van der Waals surface area contributed by atoms with Crippen molar-refractivity contribution in [1.29, 1.82) is 0 Å². The molecule has 0 aliphatic carbocycles. The molecule has 0 saturated heterocycles. The first-order valence-electron chi connectivity index (χ1n) is 6.03. The summed E-state index contributed by atoms with van der Waals surface area (Å²) in [5.41, 5.74) is 1.95. The lowest BCUT2D eigenvalue weighted by Gasteiger charge is -2.04. The third kappa shape index (κ3) is 4.62. The van der Waals surface area contributed by atoms with Gasteiger partial charge in [0.25, 0.3) is 0 Å². The number of thioether (sulfide) groups is 1. The Bertz CT molecular complexity index is 549. The van der Waals surface area contributed by atoms with Gasteiger partial charge in [0.1, 0.15) is 0 Å². The molecule has 0 aromatic heterocycles. The van der Waals surface area contributed by atoms with Gasteiger partial charge in [-0.3, -0.25) is 4.79 Å². The summed E-state index contributed by atoms with van der Waals surface area (Å²) in [6.07, 6.45) is 0.330. The molecule has 19 heavy (non-hydrogen) atoms. The van der Waals surface area contributed by atoms with Crippen LogP contribution < -0.4 is 0 Å². The largest absolute Gasteiger partial charge is 0.294 e. The molecule has 3 heteroatoms. The molecular formula is C16H14OS2. The van der Waals surface area contributed by atoms with E-state index in [1.54, 1.807) is 11.8 Å². The molecule has 2 aromatic carbocycles. The van der Waals surface area contributed by atoms with Gasteiger partial charge in [0.15, 0.2) is 5.78 Å². The maximum Gasteiger partial charge on any atom is 0.168 e. The van der Waals surface area contributed by atoms with E-state index in [0.717, 1.165) is 15.5 Å². The van der Waals surface area contributed by atoms with E-state index in [2.05, 4.69) is 12.1 Å². The van der Waals surface area contributed by atoms with Gasteiger partial charge in [0.2, 0.25) is 0 Å². The zero-order valence-electron chi connectivity index (χ0n) is 10.4. The van der Waals surface area contributed by atoms with Crippen LogP contribution in [0.3, 0.4) is 0 Å². The van der Waals surface area contributed by atoms with Gasteiger partial charge in [-0.1, -0.05) is 72.9 Å². The van der Waals surface area contributed by atoms with Crippen LogP contribution in [0.4, 0.5) is 0 Å². The van der Waals surface area contributed by atoms with Crippen LogP contribution in [-0.2, 0) is 5.75 Å². The predicted molar refractivity (Wildman–Crippen MR) is 85.7 cm³/mol. The van der Waals surface area contributed by atoms with E-state index in [4.69, 9.17) is 12.2 Å². The van der Waals surface area contributed by atoms with Gasteiger partial charge in [0.05, 0.1) is 10.6 Å². The van der Waals surface area contributed by atoms with E-state index < -0.39 is 0 Å². The van der Waals surface area contributed by atoms with Crippen LogP contribution in [0.2, 0.25) is 0 Å². The first-order chi connectivity index (χ1) is 9.25. The van der Waals surface area contributed by atoms with Gasteiger partial charge in [0, 0.05) is 11.3 Å². The molecule has 0 fully saturated rings. The van der Waals surface area contributed by atoms with E-state index in [0.29, 0.717) is 6.42 Å². The number of rotatable bonds is 5. The molecule has 0 bridgehead atoms. The molecule has 0 saturated carbocycles. The van der Waals surface area contributed by atoms with Crippen molar-refractivity contribution in [1.82, 2.24) is 0 Å². The lowest BCUT2D eigenvalue weighted by Crippen LogP contribution is -2.03. The van der Waals surface area contributed by atoms with Gasteiger partial charge >= 0.3 is 0 Å². The van der Waals surface area contributed by atoms with Crippen molar-refractivity contribution in [3.8, 4) is 0 Å². The standard InChI is InChI=1S/C16H14OS2/c17-15(14-9-5-2-6-10-14)11-16(18)19-12-13-7-3-1-4-8-13/h1-10H,11-12H2. The van der Waals surface area contributed by atoms with E-state index in [1.807, 2.05) is 48.5 Å². The molecule has 0 radical (unpaired) electrons. The van der Waals surface area contributed by atoms with E-state index in [1.165, 1.54) is 5.56 Å². The first-order valence-corrected chi connectivity index (χ1v) is 7.43. The lowest BCUT2D eigenvalue weighted by atomic mass is 10.1. The molecular weight excluding hydrogens is 272 g/mol. The summed E-state index contributed by atoms with van der Waals surface area (Å²) in [4.78, 5) is 12.0. The fraction of sp³-hybridized carbons (Fsp3) is 0.125. The Hall–Kier alpha value is -1.45. The minimum Gasteiger partial charge on any atom is -0.294 e. The van der Waals surface area contributed by atoms with Crippen molar-refractivity contribution in [2.24, 2.45) is 0 Å². The molecule has 0 aliphatic heterocycles. The number of hydrogen-bond donors (Lipinski definition) is 0. The van der Waals surface area contributed by atoms with E-state index >= 15 is 0 Å². The van der Waals surface area contributed by atoms with Gasteiger partial charge < -0.3 is 0 Å². The van der Waals surface area contributed by atoms with Crippen molar-refractivity contribution in [2.75, 3.05) is 0 Å². The highest BCUT2D eigenvalue weighted by molar-refractivity contribution is 8.22. The quantitative estimate of drug-likeness (QED) is 0.594. The first kappa shape index (κ1) is 14.0.